The van der Waals surface area contributed by atoms with Crippen LogP contribution in [0.1, 0.15) is 53.2 Å². The van der Waals surface area contributed by atoms with Crippen LogP contribution in [-0.2, 0) is 6.54 Å². The quantitative estimate of drug-likeness (QED) is 0.753. The van der Waals surface area contributed by atoms with E-state index in [0.29, 0.717) is 6.04 Å². The summed E-state index contributed by atoms with van der Waals surface area (Å²) in [7, 11) is 0. The Labute approximate surface area is 124 Å². The van der Waals surface area contributed by atoms with E-state index < -0.39 is 0 Å². The van der Waals surface area contributed by atoms with E-state index in [1.165, 1.54) is 12.8 Å². The average molecular weight is 278 g/mol. The van der Waals surface area contributed by atoms with Gasteiger partial charge in [-0.05, 0) is 25.0 Å². The van der Waals surface area contributed by atoms with E-state index in [2.05, 4.69) is 67.2 Å². The first-order chi connectivity index (χ1) is 9.60. The van der Waals surface area contributed by atoms with Crippen molar-refractivity contribution in [3.63, 3.8) is 0 Å². The number of hydrogen-bond donors (Lipinski definition) is 1. The predicted octanol–water partition coefficient (Wildman–Crippen LogP) is 3.24. The Morgan fingerprint density at radius 2 is 1.80 bits per heavy atom. The van der Waals surface area contributed by atoms with Gasteiger partial charge in [-0.25, -0.2) is 0 Å². The maximum Gasteiger partial charge on any atom is 0.151 e. The number of nitrogens with one attached hydrogen (secondary N) is 1. The lowest BCUT2D eigenvalue weighted by Gasteiger charge is -2.26. The summed E-state index contributed by atoms with van der Waals surface area (Å²) in [6.45, 7) is 13.8. The number of nitrogens with zero attached hydrogens (tertiary/aromatic N) is 3. The first-order valence-electron chi connectivity index (χ1n) is 7.91. The van der Waals surface area contributed by atoms with Gasteiger partial charge in [-0.2, -0.15) is 5.10 Å². The minimum Gasteiger partial charge on any atom is -0.355 e. The van der Waals surface area contributed by atoms with Gasteiger partial charge in [0.1, 0.15) is 0 Å². The Balaban J connectivity index is 2.64. The molecule has 0 atom stereocenters. The van der Waals surface area contributed by atoms with Crippen molar-refractivity contribution in [1.29, 1.82) is 0 Å². The molecule has 1 N–H and O–H groups in total. The summed E-state index contributed by atoms with van der Waals surface area (Å²) in [6.07, 6.45) is 2.44. The second kappa shape index (κ2) is 8.90. The molecule has 4 nitrogen and oxygen atoms in total. The van der Waals surface area contributed by atoms with E-state index in [1.54, 1.807) is 0 Å². The van der Waals surface area contributed by atoms with Gasteiger partial charge < -0.3 is 10.2 Å². The summed E-state index contributed by atoms with van der Waals surface area (Å²) in [5, 5.41) is 12.1. The zero-order chi connectivity index (χ0) is 15.0. The van der Waals surface area contributed by atoms with Crippen LogP contribution in [0.15, 0.2) is 12.1 Å². The van der Waals surface area contributed by atoms with Crippen LogP contribution in [0.3, 0.4) is 0 Å². The van der Waals surface area contributed by atoms with Crippen molar-refractivity contribution < 1.29 is 0 Å². The van der Waals surface area contributed by atoms with Crippen molar-refractivity contribution >= 4 is 5.82 Å². The molecule has 0 aliphatic carbocycles. The molecule has 20 heavy (non-hydrogen) atoms. The molecule has 1 heterocycles. The van der Waals surface area contributed by atoms with Gasteiger partial charge in [0.2, 0.25) is 0 Å². The Morgan fingerprint density at radius 3 is 2.25 bits per heavy atom. The van der Waals surface area contributed by atoms with Gasteiger partial charge in [0.25, 0.3) is 0 Å². The highest BCUT2D eigenvalue weighted by Crippen LogP contribution is 2.15. The molecule has 0 aromatic carbocycles. The lowest BCUT2D eigenvalue weighted by atomic mass is 10.0. The van der Waals surface area contributed by atoms with Crippen LogP contribution < -0.4 is 10.2 Å². The SMILES string of the molecule is CCC(CC)CN(CC)c1ccc(CNC(C)C)nn1. The van der Waals surface area contributed by atoms with Crippen LogP contribution in [0, 0.1) is 5.92 Å². The Morgan fingerprint density at radius 1 is 1.10 bits per heavy atom. The molecule has 0 saturated heterocycles. The molecular formula is C16H30N4. The van der Waals surface area contributed by atoms with Gasteiger partial charge >= 0.3 is 0 Å². The molecule has 0 unspecified atom stereocenters. The highest BCUT2D eigenvalue weighted by Gasteiger charge is 2.12. The van der Waals surface area contributed by atoms with Crippen LogP contribution >= 0.6 is 0 Å². The summed E-state index contributed by atoms with van der Waals surface area (Å²) >= 11 is 0. The third-order valence-corrected chi connectivity index (χ3v) is 3.74. The highest BCUT2D eigenvalue weighted by atomic mass is 15.3. The van der Waals surface area contributed by atoms with E-state index in [-0.39, 0.29) is 0 Å². The second-order valence-electron chi connectivity index (χ2n) is 5.64. The van der Waals surface area contributed by atoms with Crippen molar-refractivity contribution in [2.45, 2.75) is 60.0 Å². The first kappa shape index (κ1) is 16.9. The van der Waals surface area contributed by atoms with Crippen LogP contribution in [0.4, 0.5) is 5.82 Å². The van der Waals surface area contributed by atoms with Gasteiger partial charge in [0.15, 0.2) is 5.82 Å². The van der Waals surface area contributed by atoms with Gasteiger partial charge in [0.05, 0.1) is 5.69 Å². The Kier molecular flexibility index (Phi) is 7.52. The molecular weight excluding hydrogens is 248 g/mol. The van der Waals surface area contributed by atoms with E-state index in [4.69, 9.17) is 0 Å². The average Bonchev–Trinajstić information content (AvgIpc) is 2.47. The molecule has 1 rings (SSSR count). The summed E-state index contributed by atoms with van der Waals surface area (Å²) < 4.78 is 0. The molecule has 0 saturated carbocycles. The maximum absolute atomic E-state index is 4.39. The zero-order valence-electron chi connectivity index (χ0n) is 13.7. The maximum atomic E-state index is 4.39. The molecule has 1 aromatic rings. The molecule has 0 fully saturated rings. The fourth-order valence-electron chi connectivity index (χ4n) is 2.17. The fourth-order valence-corrected chi connectivity index (χ4v) is 2.17. The molecule has 0 amide bonds. The lowest BCUT2D eigenvalue weighted by Crippen LogP contribution is -2.30. The summed E-state index contributed by atoms with van der Waals surface area (Å²) in [4.78, 5) is 2.32. The van der Waals surface area contributed by atoms with Crippen LogP contribution in [0.25, 0.3) is 0 Å². The molecule has 114 valence electrons. The normalized spacial score (nSPS) is 11.3. The van der Waals surface area contributed by atoms with E-state index in [0.717, 1.165) is 37.1 Å². The van der Waals surface area contributed by atoms with Crippen LogP contribution in [0.5, 0.6) is 0 Å². The summed E-state index contributed by atoms with van der Waals surface area (Å²) in [5.41, 5.74) is 1.00. The van der Waals surface area contributed by atoms with Crippen molar-refractivity contribution in [2.75, 3.05) is 18.0 Å². The van der Waals surface area contributed by atoms with Crippen LogP contribution in [-0.4, -0.2) is 29.3 Å². The summed E-state index contributed by atoms with van der Waals surface area (Å²) in [5.74, 6) is 1.73. The van der Waals surface area contributed by atoms with Crippen molar-refractivity contribution in [2.24, 2.45) is 5.92 Å². The molecule has 0 aliphatic rings. The molecule has 4 heteroatoms. The molecule has 0 aliphatic heterocycles. The number of anilines is 1. The predicted molar refractivity (Wildman–Crippen MR) is 86.0 cm³/mol. The van der Waals surface area contributed by atoms with Gasteiger partial charge in [-0.3, -0.25) is 0 Å². The van der Waals surface area contributed by atoms with E-state index in [1.807, 2.05) is 0 Å². The van der Waals surface area contributed by atoms with E-state index in [9.17, 15) is 0 Å². The Hall–Kier alpha value is -1.16. The monoisotopic (exact) mass is 278 g/mol. The van der Waals surface area contributed by atoms with Gasteiger partial charge in [-0.15, -0.1) is 5.10 Å². The minimum absolute atomic E-state index is 0.471. The molecule has 1 aromatic heterocycles. The van der Waals surface area contributed by atoms with Crippen molar-refractivity contribution in [3.8, 4) is 0 Å². The van der Waals surface area contributed by atoms with E-state index >= 15 is 0 Å². The third-order valence-electron chi connectivity index (χ3n) is 3.74. The second-order valence-corrected chi connectivity index (χ2v) is 5.64. The zero-order valence-corrected chi connectivity index (χ0v) is 13.7. The molecule has 0 spiro atoms. The molecule has 0 bridgehead atoms. The number of aromatic nitrogens is 2. The fraction of sp³-hybridized carbons (Fsp3) is 0.750. The largest absolute Gasteiger partial charge is 0.355 e. The van der Waals surface area contributed by atoms with Crippen LogP contribution in [0.2, 0.25) is 0 Å². The highest BCUT2D eigenvalue weighted by molar-refractivity contribution is 5.37. The topological polar surface area (TPSA) is 41.0 Å². The van der Waals surface area contributed by atoms with Gasteiger partial charge in [-0.1, -0.05) is 40.5 Å². The Bertz CT molecular complexity index is 357. The summed E-state index contributed by atoms with van der Waals surface area (Å²) in [6, 6.07) is 4.64. The lowest BCUT2D eigenvalue weighted by molar-refractivity contribution is 0.483. The molecule has 0 radical (unpaired) electrons. The standard InChI is InChI=1S/C16H30N4/c1-6-14(7-2)12-20(8-3)16-10-9-15(18-19-16)11-17-13(4)5/h9-10,13-14,17H,6-8,11-12H2,1-5H3. The number of hydrogen-bond acceptors (Lipinski definition) is 4. The van der Waals surface area contributed by atoms with Gasteiger partial charge in [0, 0.05) is 25.7 Å². The number of rotatable bonds is 9. The minimum atomic E-state index is 0.471. The first-order valence-corrected chi connectivity index (χ1v) is 7.91. The van der Waals surface area contributed by atoms with Crippen molar-refractivity contribution in [3.05, 3.63) is 17.8 Å². The third kappa shape index (κ3) is 5.45. The smallest absolute Gasteiger partial charge is 0.151 e. The van der Waals surface area contributed by atoms with Crippen molar-refractivity contribution in [1.82, 2.24) is 15.5 Å².